The predicted octanol–water partition coefficient (Wildman–Crippen LogP) is 5.75. The number of halogens is 2. The van der Waals surface area contributed by atoms with Crippen LogP contribution < -0.4 is 9.62 Å². The van der Waals surface area contributed by atoms with Crippen molar-refractivity contribution in [1.29, 1.82) is 0 Å². The fraction of sp³-hybridized carbons (Fsp3) is 0.310. The molecular weight excluding hydrogens is 557 g/mol. The van der Waals surface area contributed by atoms with E-state index in [1.54, 1.807) is 68.4 Å². The molecule has 7 nitrogen and oxygen atoms in total. The van der Waals surface area contributed by atoms with E-state index in [4.69, 9.17) is 23.2 Å². The van der Waals surface area contributed by atoms with E-state index in [1.807, 2.05) is 13.8 Å². The lowest BCUT2D eigenvalue weighted by atomic mass is 10.1. The molecule has 10 heteroatoms. The van der Waals surface area contributed by atoms with Gasteiger partial charge in [-0.3, -0.25) is 13.9 Å². The number of hydrogen-bond acceptors (Lipinski definition) is 4. The van der Waals surface area contributed by atoms with E-state index in [9.17, 15) is 18.0 Å². The average Bonchev–Trinajstić information content (AvgIpc) is 2.90. The SMILES string of the molecule is CCCNC(=O)C(C)N(Cc1ccc(Cl)cc1)C(=O)CN(c1ccc(Cl)cc1C)S(=O)(=O)c1ccc(C)cc1. The molecular formula is C29H33Cl2N3O4S. The number of anilines is 1. The lowest BCUT2D eigenvalue weighted by molar-refractivity contribution is -0.139. The molecule has 1 unspecified atom stereocenters. The summed E-state index contributed by atoms with van der Waals surface area (Å²) in [6, 6.07) is 17.3. The van der Waals surface area contributed by atoms with Crippen molar-refractivity contribution in [2.75, 3.05) is 17.4 Å². The summed E-state index contributed by atoms with van der Waals surface area (Å²) < 4.78 is 28.9. The third-order valence-electron chi connectivity index (χ3n) is 6.30. The van der Waals surface area contributed by atoms with Gasteiger partial charge in [0.05, 0.1) is 10.6 Å². The first-order valence-electron chi connectivity index (χ1n) is 12.6. The summed E-state index contributed by atoms with van der Waals surface area (Å²) in [6.45, 7) is 7.20. The molecule has 0 fully saturated rings. The first-order chi connectivity index (χ1) is 18.4. The van der Waals surface area contributed by atoms with Crippen molar-refractivity contribution >= 4 is 50.7 Å². The molecule has 208 valence electrons. The predicted molar refractivity (Wildman–Crippen MR) is 157 cm³/mol. The van der Waals surface area contributed by atoms with Crippen LogP contribution in [0, 0.1) is 13.8 Å². The van der Waals surface area contributed by atoms with Crippen LogP contribution in [0.25, 0.3) is 0 Å². The summed E-state index contributed by atoms with van der Waals surface area (Å²) in [5, 5.41) is 3.81. The zero-order valence-electron chi connectivity index (χ0n) is 22.4. The summed E-state index contributed by atoms with van der Waals surface area (Å²) in [4.78, 5) is 28.3. The fourth-order valence-corrected chi connectivity index (χ4v) is 5.85. The number of nitrogens with one attached hydrogen (secondary N) is 1. The number of carbonyl (C=O) groups is 2. The number of amides is 2. The van der Waals surface area contributed by atoms with Crippen LogP contribution in [-0.2, 0) is 26.2 Å². The van der Waals surface area contributed by atoms with Gasteiger partial charge < -0.3 is 10.2 Å². The fourth-order valence-electron chi connectivity index (χ4n) is 4.01. The van der Waals surface area contributed by atoms with Crippen molar-refractivity contribution in [3.63, 3.8) is 0 Å². The van der Waals surface area contributed by atoms with Gasteiger partial charge in [0.1, 0.15) is 12.6 Å². The molecule has 0 bridgehead atoms. The van der Waals surface area contributed by atoms with Crippen molar-refractivity contribution in [3.05, 3.63) is 93.5 Å². The van der Waals surface area contributed by atoms with Crippen LogP contribution in [0.5, 0.6) is 0 Å². The van der Waals surface area contributed by atoms with E-state index in [0.29, 0.717) is 27.8 Å². The molecule has 0 saturated heterocycles. The van der Waals surface area contributed by atoms with Gasteiger partial charge in [0.15, 0.2) is 0 Å². The highest BCUT2D eigenvalue weighted by molar-refractivity contribution is 7.92. The number of rotatable bonds is 11. The number of sulfonamides is 1. The first kappa shape index (κ1) is 30.5. The summed E-state index contributed by atoms with van der Waals surface area (Å²) in [6.07, 6.45) is 0.738. The van der Waals surface area contributed by atoms with Gasteiger partial charge in [0, 0.05) is 23.1 Å². The van der Waals surface area contributed by atoms with Crippen LogP contribution in [0.2, 0.25) is 10.0 Å². The number of aryl methyl sites for hydroxylation is 2. The standard InChI is InChI=1S/C29H33Cl2N3O4S/c1-5-16-32-29(36)22(4)33(18-23-8-10-24(30)11-9-23)28(35)19-34(27-15-12-25(31)17-21(27)3)39(37,38)26-13-6-20(2)7-14-26/h6-15,17,22H,5,16,18-19H2,1-4H3,(H,32,36). The van der Waals surface area contributed by atoms with Crippen LogP contribution in [-0.4, -0.2) is 44.3 Å². The molecule has 0 saturated carbocycles. The average molecular weight is 591 g/mol. The number of nitrogens with zero attached hydrogens (tertiary/aromatic N) is 2. The van der Waals surface area contributed by atoms with Gasteiger partial charge >= 0.3 is 0 Å². The molecule has 0 radical (unpaired) electrons. The zero-order chi connectivity index (χ0) is 28.7. The third-order valence-corrected chi connectivity index (χ3v) is 8.56. The molecule has 0 spiro atoms. The quantitative estimate of drug-likeness (QED) is 0.308. The Morgan fingerprint density at radius 3 is 2.13 bits per heavy atom. The van der Waals surface area contributed by atoms with Crippen LogP contribution in [0.4, 0.5) is 5.69 Å². The van der Waals surface area contributed by atoms with Crippen LogP contribution in [0.3, 0.4) is 0 Å². The van der Waals surface area contributed by atoms with E-state index in [2.05, 4.69) is 5.32 Å². The minimum atomic E-state index is -4.15. The molecule has 0 aliphatic heterocycles. The molecule has 3 aromatic carbocycles. The first-order valence-corrected chi connectivity index (χ1v) is 14.8. The van der Waals surface area contributed by atoms with Gasteiger partial charge in [0.25, 0.3) is 10.0 Å². The Balaban J connectivity index is 2.05. The normalized spacial score (nSPS) is 12.1. The van der Waals surface area contributed by atoms with Gasteiger partial charge in [-0.05, 0) is 80.8 Å². The Morgan fingerprint density at radius 1 is 0.923 bits per heavy atom. The maximum absolute atomic E-state index is 13.9. The summed E-state index contributed by atoms with van der Waals surface area (Å²) in [5.74, 6) is -0.857. The molecule has 2 amide bonds. The Bertz CT molecular complexity index is 1410. The van der Waals surface area contributed by atoms with Crippen molar-refractivity contribution in [3.8, 4) is 0 Å². The van der Waals surface area contributed by atoms with Crippen LogP contribution >= 0.6 is 23.2 Å². The van der Waals surface area contributed by atoms with E-state index < -0.39 is 28.5 Å². The van der Waals surface area contributed by atoms with E-state index in [-0.39, 0.29) is 17.3 Å². The highest BCUT2D eigenvalue weighted by Crippen LogP contribution is 2.29. The second kappa shape index (κ2) is 13.3. The third kappa shape index (κ3) is 7.75. The Kier molecular flexibility index (Phi) is 10.4. The number of carbonyl (C=O) groups excluding carboxylic acids is 2. The zero-order valence-corrected chi connectivity index (χ0v) is 24.8. The van der Waals surface area contributed by atoms with Crippen LogP contribution in [0.1, 0.15) is 37.0 Å². The highest BCUT2D eigenvalue weighted by Gasteiger charge is 2.33. The highest BCUT2D eigenvalue weighted by atomic mass is 35.5. The molecule has 0 heterocycles. The van der Waals surface area contributed by atoms with E-state index >= 15 is 0 Å². The van der Waals surface area contributed by atoms with E-state index in [1.165, 1.54) is 17.0 Å². The summed E-state index contributed by atoms with van der Waals surface area (Å²) in [7, 11) is -4.15. The largest absolute Gasteiger partial charge is 0.354 e. The van der Waals surface area contributed by atoms with Gasteiger partial charge in [-0.2, -0.15) is 0 Å². The topological polar surface area (TPSA) is 86.8 Å². The molecule has 39 heavy (non-hydrogen) atoms. The molecule has 0 aromatic heterocycles. The smallest absolute Gasteiger partial charge is 0.264 e. The Morgan fingerprint density at radius 2 is 1.54 bits per heavy atom. The molecule has 1 atom stereocenters. The van der Waals surface area contributed by atoms with Crippen LogP contribution in [0.15, 0.2) is 71.6 Å². The summed E-state index contributed by atoms with van der Waals surface area (Å²) >= 11 is 12.2. The maximum atomic E-state index is 13.9. The number of hydrogen-bond donors (Lipinski definition) is 1. The van der Waals surface area contributed by atoms with Gasteiger partial charge in [-0.15, -0.1) is 0 Å². The van der Waals surface area contributed by atoms with Gasteiger partial charge in [0.2, 0.25) is 11.8 Å². The molecule has 3 aromatic rings. The van der Waals surface area contributed by atoms with Crippen molar-refractivity contribution in [1.82, 2.24) is 10.2 Å². The molecule has 3 rings (SSSR count). The Hall–Kier alpha value is -3.07. The second-order valence-electron chi connectivity index (χ2n) is 9.37. The lowest BCUT2D eigenvalue weighted by Crippen LogP contribution is -2.51. The second-order valence-corrected chi connectivity index (χ2v) is 12.1. The number of benzene rings is 3. The Labute approximate surface area is 240 Å². The van der Waals surface area contributed by atoms with Gasteiger partial charge in [-0.1, -0.05) is 60.0 Å². The van der Waals surface area contributed by atoms with Gasteiger partial charge in [-0.25, -0.2) is 8.42 Å². The maximum Gasteiger partial charge on any atom is 0.264 e. The van der Waals surface area contributed by atoms with Crippen molar-refractivity contribution < 1.29 is 18.0 Å². The molecule has 1 N–H and O–H groups in total. The minimum Gasteiger partial charge on any atom is -0.354 e. The van der Waals surface area contributed by atoms with E-state index in [0.717, 1.165) is 21.9 Å². The molecule has 0 aliphatic carbocycles. The monoisotopic (exact) mass is 589 g/mol. The summed E-state index contributed by atoms with van der Waals surface area (Å²) in [5.41, 5.74) is 2.56. The van der Waals surface area contributed by atoms with Crippen molar-refractivity contribution in [2.24, 2.45) is 0 Å². The minimum absolute atomic E-state index is 0.0493. The molecule has 0 aliphatic rings. The lowest BCUT2D eigenvalue weighted by Gasteiger charge is -2.32. The van der Waals surface area contributed by atoms with Crippen molar-refractivity contribution in [2.45, 2.75) is 51.6 Å².